The fourth-order valence-electron chi connectivity index (χ4n) is 2.32. The van der Waals surface area contributed by atoms with Crippen molar-refractivity contribution in [3.05, 3.63) is 53.3 Å². The van der Waals surface area contributed by atoms with E-state index in [1.165, 1.54) is 12.1 Å². The van der Waals surface area contributed by atoms with E-state index in [9.17, 15) is 13.2 Å². The predicted octanol–water partition coefficient (Wildman–Crippen LogP) is 3.23. The van der Waals surface area contributed by atoms with Crippen molar-refractivity contribution in [2.75, 3.05) is 7.05 Å². The van der Waals surface area contributed by atoms with E-state index < -0.39 is 17.8 Å². The lowest BCUT2D eigenvalue weighted by atomic mass is 9.97. The summed E-state index contributed by atoms with van der Waals surface area (Å²) in [5.41, 5.74) is 0.299. The number of hydrogen-bond acceptors (Lipinski definition) is 2. The van der Waals surface area contributed by atoms with E-state index in [2.05, 4.69) is 10.4 Å². The lowest BCUT2D eigenvalue weighted by Crippen LogP contribution is -2.24. The first-order valence-corrected chi connectivity index (χ1v) is 6.34. The number of nitrogens with one attached hydrogen (secondary N) is 1. The summed E-state index contributed by atoms with van der Waals surface area (Å²) in [6, 6.07) is 6.80. The molecule has 0 bridgehead atoms. The Bertz CT molecular complexity index is 575. The number of halogens is 3. The Hall–Kier alpha value is -1.82. The Morgan fingerprint density at radius 2 is 1.95 bits per heavy atom. The maximum Gasteiger partial charge on any atom is 0.416 e. The number of rotatable bonds is 4. The molecule has 0 amide bonds. The van der Waals surface area contributed by atoms with Crippen molar-refractivity contribution in [2.45, 2.75) is 25.7 Å². The smallest absolute Gasteiger partial charge is 0.308 e. The first-order chi connectivity index (χ1) is 9.49. The normalized spacial score (nSPS) is 13.4. The molecular formula is C14H16F3N3. The van der Waals surface area contributed by atoms with Crippen LogP contribution in [0.4, 0.5) is 13.2 Å². The lowest BCUT2D eigenvalue weighted by molar-refractivity contribution is -0.138. The van der Waals surface area contributed by atoms with Crippen LogP contribution in [0.25, 0.3) is 0 Å². The first-order valence-electron chi connectivity index (χ1n) is 6.34. The van der Waals surface area contributed by atoms with Crippen molar-refractivity contribution in [1.29, 1.82) is 0 Å². The average Bonchev–Trinajstić information content (AvgIpc) is 2.87. The molecule has 1 heterocycles. The van der Waals surface area contributed by atoms with Crippen molar-refractivity contribution in [3.8, 4) is 0 Å². The molecule has 3 nitrogen and oxygen atoms in total. The maximum absolute atomic E-state index is 13.1. The van der Waals surface area contributed by atoms with Crippen LogP contribution in [0.3, 0.4) is 0 Å². The minimum absolute atomic E-state index is 0.206. The van der Waals surface area contributed by atoms with E-state index in [1.54, 1.807) is 30.1 Å². The fraction of sp³-hybridized carbons (Fsp3) is 0.357. The Labute approximate surface area is 115 Å². The molecule has 108 valence electrons. The molecule has 0 fully saturated rings. The summed E-state index contributed by atoms with van der Waals surface area (Å²) in [7, 11) is 1.64. The molecule has 0 aliphatic heterocycles. The zero-order valence-electron chi connectivity index (χ0n) is 11.3. The molecule has 6 heteroatoms. The van der Waals surface area contributed by atoms with Gasteiger partial charge in [0.05, 0.1) is 17.3 Å². The summed E-state index contributed by atoms with van der Waals surface area (Å²) in [5.74, 6) is 0. The first kappa shape index (κ1) is 14.6. The van der Waals surface area contributed by atoms with Gasteiger partial charge in [-0.3, -0.25) is 4.68 Å². The minimum Gasteiger partial charge on any atom is -0.308 e. The van der Waals surface area contributed by atoms with Gasteiger partial charge in [-0.1, -0.05) is 18.2 Å². The van der Waals surface area contributed by atoms with Gasteiger partial charge in [0.1, 0.15) is 0 Å². The molecular weight excluding hydrogens is 267 g/mol. The van der Waals surface area contributed by atoms with Crippen LogP contribution < -0.4 is 5.32 Å². The van der Waals surface area contributed by atoms with Crippen LogP contribution in [-0.2, 0) is 12.7 Å². The van der Waals surface area contributed by atoms with Gasteiger partial charge in [-0.05, 0) is 31.7 Å². The topological polar surface area (TPSA) is 29.9 Å². The summed E-state index contributed by atoms with van der Waals surface area (Å²) in [6.45, 7) is 2.51. The van der Waals surface area contributed by atoms with E-state index in [1.807, 2.05) is 6.92 Å². The highest BCUT2D eigenvalue weighted by Crippen LogP contribution is 2.36. The maximum atomic E-state index is 13.1. The second-order valence-corrected chi connectivity index (χ2v) is 4.38. The highest BCUT2D eigenvalue weighted by molar-refractivity contribution is 5.36. The zero-order chi connectivity index (χ0) is 14.8. The van der Waals surface area contributed by atoms with Gasteiger partial charge in [-0.25, -0.2) is 0 Å². The van der Waals surface area contributed by atoms with Crippen LogP contribution in [0.2, 0.25) is 0 Å². The number of benzene rings is 1. The Kier molecular flexibility index (Phi) is 4.13. The predicted molar refractivity (Wildman–Crippen MR) is 70.2 cm³/mol. The van der Waals surface area contributed by atoms with E-state index in [0.717, 1.165) is 6.07 Å². The SMILES string of the molecule is CCn1nccc1C(NC)c1ccccc1C(F)(F)F. The third-order valence-corrected chi connectivity index (χ3v) is 3.21. The molecule has 20 heavy (non-hydrogen) atoms. The minimum atomic E-state index is -4.37. The summed E-state index contributed by atoms with van der Waals surface area (Å²) in [6.07, 6.45) is -2.78. The average molecular weight is 283 g/mol. The summed E-state index contributed by atoms with van der Waals surface area (Å²) in [4.78, 5) is 0. The van der Waals surface area contributed by atoms with Crippen LogP contribution >= 0.6 is 0 Å². The van der Waals surface area contributed by atoms with Crippen molar-refractivity contribution in [1.82, 2.24) is 15.1 Å². The second-order valence-electron chi connectivity index (χ2n) is 4.38. The van der Waals surface area contributed by atoms with Crippen LogP contribution in [0, 0.1) is 0 Å². The third-order valence-electron chi connectivity index (χ3n) is 3.21. The van der Waals surface area contributed by atoms with Crippen LogP contribution in [-0.4, -0.2) is 16.8 Å². The Morgan fingerprint density at radius 1 is 1.25 bits per heavy atom. The summed E-state index contributed by atoms with van der Waals surface area (Å²) < 4.78 is 41.0. The highest BCUT2D eigenvalue weighted by atomic mass is 19.4. The van der Waals surface area contributed by atoms with E-state index in [4.69, 9.17) is 0 Å². The molecule has 2 rings (SSSR count). The monoisotopic (exact) mass is 283 g/mol. The van der Waals surface area contributed by atoms with Gasteiger partial charge in [0.15, 0.2) is 0 Å². The third kappa shape index (κ3) is 2.70. The molecule has 0 saturated carbocycles. The highest BCUT2D eigenvalue weighted by Gasteiger charge is 2.35. The van der Waals surface area contributed by atoms with Gasteiger partial charge in [-0.15, -0.1) is 0 Å². The molecule has 1 N–H and O–H groups in total. The molecule has 1 unspecified atom stereocenters. The molecule has 0 radical (unpaired) electrons. The van der Waals surface area contributed by atoms with Gasteiger partial charge in [-0.2, -0.15) is 18.3 Å². The second kappa shape index (κ2) is 5.66. The Morgan fingerprint density at radius 3 is 2.55 bits per heavy atom. The van der Waals surface area contributed by atoms with E-state index in [-0.39, 0.29) is 5.56 Å². The number of aromatic nitrogens is 2. The van der Waals surface area contributed by atoms with E-state index >= 15 is 0 Å². The molecule has 0 aliphatic rings. The molecule has 1 aromatic heterocycles. The summed E-state index contributed by atoms with van der Waals surface area (Å²) in [5, 5.41) is 7.06. The van der Waals surface area contributed by atoms with E-state index in [0.29, 0.717) is 12.2 Å². The van der Waals surface area contributed by atoms with Crippen molar-refractivity contribution in [3.63, 3.8) is 0 Å². The van der Waals surface area contributed by atoms with Crippen molar-refractivity contribution in [2.24, 2.45) is 0 Å². The molecule has 0 saturated heterocycles. The molecule has 1 aromatic carbocycles. The summed E-state index contributed by atoms with van der Waals surface area (Å²) >= 11 is 0. The molecule has 0 aliphatic carbocycles. The van der Waals surface area contributed by atoms with Gasteiger partial charge < -0.3 is 5.32 Å². The molecule has 2 aromatic rings. The number of hydrogen-bond donors (Lipinski definition) is 1. The molecule has 0 spiro atoms. The standard InChI is InChI=1S/C14H16F3N3/c1-3-20-12(8-9-19-20)13(18-2)10-6-4-5-7-11(10)14(15,16)17/h4-9,13,18H,3H2,1-2H3. The van der Waals surface area contributed by atoms with Gasteiger partial charge in [0.2, 0.25) is 0 Å². The van der Waals surface area contributed by atoms with Crippen molar-refractivity contribution >= 4 is 0 Å². The van der Waals surface area contributed by atoms with Crippen LogP contribution in [0.5, 0.6) is 0 Å². The van der Waals surface area contributed by atoms with Gasteiger partial charge >= 0.3 is 6.18 Å². The largest absolute Gasteiger partial charge is 0.416 e. The van der Waals surface area contributed by atoms with Crippen LogP contribution in [0.15, 0.2) is 36.5 Å². The Balaban J connectivity index is 2.53. The number of nitrogens with zero attached hydrogens (tertiary/aromatic N) is 2. The number of aryl methyl sites for hydroxylation is 1. The molecule has 1 atom stereocenters. The van der Waals surface area contributed by atoms with Crippen molar-refractivity contribution < 1.29 is 13.2 Å². The lowest BCUT2D eigenvalue weighted by Gasteiger charge is -2.22. The van der Waals surface area contributed by atoms with Gasteiger partial charge in [0.25, 0.3) is 0 Å². The van der Waals surface area contributed by atoms with Crippen LogP contribution in [0.1, 0.15) is 29.8 Å². The zero-order valence-corrected chi connectivity index (χ0v) is 11.3. The number of alkyl halides is 3. The van der Waals surface area contributed by atoms with Gasteiger partial charge in [0, 0.05) is 12.7 Å². The fourth-order valence-corrected chi connectivity index (χ4v) is 2.32. The quantitative estimate of drug-likeness (QED) is 0.933.